The fourth-order valence-corrected chi connectivity index (χ4v) is 1.81. The maximum Gasteiger partial charge on any atom is 0.255 e. The van der Waals surface area contributed by atoms with Crippen LogP contribution in [0, 0.1) is 6.92 Å². The molecule has 1 heterocycles. The standard InChI is InChI=1S/C13H22N2O2/c1-10-6-7-11(13(2,3)14)12(16)15(10)8-5-9-17-4/h6-7H,5,8-9,14H2,1-4H3. The predicted octanol–water partition coefficient (Wildman–Crippen LogP) is 1.39. The van der Waals surface area contributed by atoms with Gasteiger partial charge in [-0.25, -0.2) is 0 Å². The Morgan fingerprint density at radius 2 is 2.06 bits per heavy atom. The van der Waals surface area contributed by atoms with E-state index in [9.17, 15) is 4.79 Å². The van der Waals surface area contributed by atoms with Crippen LogP contribution in [0.4, 0.5) is 0 Å². The van der Waals surface area contributed by atoms with Crippen LogP contribution >= 0.6 is 0 Å². The van der Waals surface area contributed by atoms with E-state index >= 15 is 0 Å². The van der Waals surface area contributed by atoms with E-state index in [4.69, 9.17) is 10.5 Å². The van der Waals surface area contributed by atoms with Crippen molar-refractivity contribution in [3.8, 4) is 0 Å². The zero-order chi connectivity index (χ0) is 13.1. The molecular formula is C13H22N2O2. The van der Waals surface area contributed by atoms with E-state index < -0.39 is 5.54 Å². The molecule has 0 aliphatic carbocycles. The van der Waals surface area contributed by atoms with Gasteiger partial charge in [0.2, 0.25) is 0 Å². The Morgan fingerprint density at radius 1 is 1.41 bits per heavy atom. The number of nitrogens with zero attached hydrogens (tertiary/aromatic N) is 1. The highest BCUT2D eigenvalue weighted by atomic mass is 16.5. The summed E-state index contributed by atoms with van der Waals surface area (Å²) in [7, 11) is 1.66. The summed E-state index contributed by atoms with van der Waals surface area (Å²) in [5, 5.41) is 0. The quantitative estimate of drug-likeness (QED) is 0.789. The molecule has 0 bridgehead atoms. The Kier molecular flexibility index (Phi) is 4.48. The smallest absolute Gasteiger partial charge is 0.255 e. The van der Waals surface area contributed by atoms with Crippen molar-refractivity contribution < 1.29 is 4.74 Å². The van der Waals surface area contributed by atoms with Crippen LogP contribution < -0.4 is 11.3 Å². The molecule has 0 aromatic carbocycles. The molecule has 1 aromatic heterocycles. The minimum atomic E-state index is -0.603. The van der Waals surface area contributed by atoms with Gasteiger partial charge in [-0.3, -0.25) is 4.79 Å². The van der Waals surface area contributed by atoms with Crippen molar-refractivity contribution in [2.24, 2.45) is 5.73 Å². The summed E-state index contributed by atoms with van der Waals surface area (Å²) in [5.74, 6) is 0. The number of hydrogen-bond donors (Lipinski definition) is 1. The molecule has 4 nitrogen and oxygen atoms in total. The third kappa shape index (κ3) is 3.41. The number of methoxy groups -OCH3 is 1. The number of aromatic nitrogens is 1. The molecule has 0 aliphatic heterocycles. The van der Waals surface area contributed by atoms with Gasteiger partial charge in [0, 0.05) is 37.1 Å². The van der Waals surface area contributed by atoms with Gasteiger partial charge in [-0.2, -0.15) is 0 Å². The second-order valence-electron chi connectivity index (χ2n) is 4.91. The topological polar surface area (TPSA) is 57.2 Å². The molecule has 0 saturated heterocycles. The van der Waals surface area contributed by atoms with Gasteiger partial charge in [0.15, 0.2) is 0 Å². The Morgan fingerprint density at radius 3 is 2.59 bits per heavy atom. The molecule has 1 aromatic rings. The summed E-state index contributed by atoms with van der Waals surface area (Å²) in [6.45, 7) is 6.95. The van der Waals surface area contributed by atoms with Crippen LogP contribution in [0.2, 0.25) is 0 Å². The molecule has 17 heavy (non-hydrogen) atoms. The first-order chi connectivity index (χ1) is 7.88. The summed E-state index contributed by atoms with van der Waals surface area (Å²) < 4.78 is 6.77. The Bertz CT molecular complexity index is 430. The fourth-order valence-electron chi connectivity index (χ4n) is 1.81. The molecule has 0 fully saturated rings. The van der Waals surface area contributed by atoms with Crippen molar-refractivity contribution in [3.63, 3.8) is 0 Å². The summed E-state index contributed by atoms with van der Waals surface area (Å²) in [4.78, 5) is 12.3. The summed E-state index contributed by atoms with van der Waals surface area (Å²) in [6.07, 6.45) is 0.825. The first kappa shape index (κ1) is 13.9. The van der Waals surface area contributed by atoms with Crippen molar-refractivity contribution in [1.29, 1.82) is 0 Å². The zero-order valence-electron chi connectivity index (χ0n) is 11.1. The van der Waals surface area contributed by atoms with Gasteiger partial charge in [0.25, 0.3) is 5.56 Å². The van der Waals surface area contributed by atoms with Gasteiger partial charge >= 0.3 is 0 Å². The van der Waals surface area contributed by atoms with Gasteiger partial charge in [-0.1, -0.05) is 0 Å². The van der Waals surface area contributed by atoms with Crippen LogP contribution in [-0.4, -0.2) is 18.3 Å². The van der Waals surface area contributed by atoms with Gasteiger partial charge in [-0.05, 0) is 39.3 Å². The number of ether oxygens (including phenoxy) is 1. The van der Waals surface area contributed by atoms with Gasteiger partial charge in [0.05, 0.1) is 0 Å². The highest BCUT2D eigenvalue weighted by Gasteiger charge is 2.19. The Labute approximate surface area is 102 Å². The van der Waals surface area contributed by atoms with Crippen molar-refractivity contribution in [2.45, 2.75) is 39.3 Å². The first-order valence-corrected chi connectivity index (χ1v) is 5.86. The molecule has 0 aliphatic rings. The predicted molar refractivity (Wildman–Crippen MR) is 69.1 cm³/mol. The third-order valence-corrected chi connectivity index (χ3v) is 2.82. The van der Waals surface area contributed by atoms with Crippen LogP contribution in [-0.2, 0) is 16.8 Å². The van der Waals surface area contributed by atoms with E-state index in [-0.39, 0.29) is 5.56 Å². The maximum absolute atomic E-state index is 12.3. The second kappa shape index (κ2) is 5.47. The molecule has 1 rings (SSSR count). The number of pyridine rings is 1. The Hall–Kier alpha value is -1.13. The van der Waals surface area contributed by atoms with E-state index in [0.717, 1.165) is 12.1 Å². The van der Waals surface area contributed by atoms with E-state index in [1.807, 2.05) is 32.9 Å². The maximum atomic E-state index is 12.3. The average molecular weight is 238 g/mol. The molecule has 2 N–H and O–H groups in total. The fraction of sp³-hybridized carbons (Fsp3) is 0.615. The third-order valence-electron chi connectivity index (χ3n) is 2.82. The van der Waals surface area contributed by atoms with Crippen molar-refractivity contribution >= 4 is 0 Å². The SMILES string of the molecule is COCCCn1c(C)ccc(C(C)(C)N)c1=O. The molecule has 4 heteroatoms. The molecule has 0 atom stereocenters. The van der Waals surface area contributed by atoms with Crippen molar-refractivity contribution in [2.75, 3.05) is 13.7 Å². The van der Waals surface area contributed by atoms with E-state index in [2.05, 4.69) is 0 Å². The highest BCUT2D eigenvalue weighted by Crippen LogP contribution is 2.13. The Balaban J connectivity index is 3.08. The molecule has 0 radical (unpaired) electrons. The molecule has 0 spiro atoms. The van der Waals surface area contributed by atoms with Crippen LogP contribution in [0.1, 0.15) is 31.5 Å². The first-order valence-electron chi connectivity index (χ1n) is 5.86. The minimum absolute atomic E-state index is 0.00797. The van der Waals surface area contributed by atoms with E-state index in [1.54, 1.807) is 11.7 Å². The monoisotopic (exact) mass is 238 g/mol. The lowest BCUT2D eigenvalue weighted by Crippen LogP contribution is -2.38. The average Bonchev–Trinajstić information content (AvgIpc) is 2.21. The number of nitrogens with two attached hydrogens (primary N) is 1. The molecule has 96 valence electrons. The van der Waals surface area contributed by atoms with Crippen LogP contribution in [0.25, 0.3) is 0 Å². The summed E-state index contributed by atoms with van der Waals surface area (Å²) >= 11 is 0. The van der Waals surface area contributed by atoms with Crippen LogP contribution in [0.3, 0.4) is 0 Å². The lowest BCUT2D eigenvalue weighted by molar-refractivity contribution is 0.189. The van der Waals surface area contributed by atoms with E-state index in [0.29, 0.717) is 18.7 Å². The van der Waals surface area contributed by atoms with Crippen molar-refractivity contribution in [3.05, 3.63) is 33.7 Å². The molecule has 0 saturated carbocycles. The lowest BCUT2D eigenvalue weighted by atomic mass is 9.97. The zero-order valence-corrected chi connectivity index (χ0v) is 11.1. The van der Waals surface area contributed by atoms with Crippen LogP contribution in [0.5, 0.6) is 0 Å². The van der Waals surface area contributed by atoms with Crippen molar-refractivity contribution in [1.82, 2.24) is 4.57 Å². The number of rotatable bonds is 5. The highest BCUT2D eigenvalue weighted by molar-refractivity contribution is 5.21. The lowest BCUT2D eigenvalue weighted by Gasteiger charge is -2.20. The van der Waals surface area contributed by atoms with Gasteiger partial charge in [-0.15, -0.1) is 0 Å². The summed E-state index contributed by atoms with van der Waals surface area (Å²) in [5.41, 5.74) is 7.01. The second-order valence-corrected chi connectivity index (χ2v) is 4.91. The number of aryl methyl sites for hydroxylation is 1. The summed E-state index contributed by atoms with van der Waals surface area (Å²) in [6, 6.07) is 3.77. The number of hydrogen-bond acceptors (Lipinski definition) is 3. The molecular weight excluding hydrogens is 216 g/mol. The van der Waals surface area contributed by atoms with Gasteiger partial charge in [0.1, 0.15) is 0 Å². The van der Waals surface area contributed by atoms with Gasteiger partial charge < -0.3 is 15.0 Å². The molecule has 0 amide bonds. The minimum Gasteiger partial charge on any atom is -0.385 e. The molecule has 0 unspecified atom stereocenters. The normalized spacial score (nSPS) is 11.8. The van der Waals surface area contributed by atoms with Crippen LogP contribution in [0.15, 0.2) is 16.9 Å². The van der Waals surface area contributed by atoms with E-state index in [1.165, 1.54) is 0 Å². The largest absolute Gasteiger partial charge is 0.385 e.